The number of nitro benzene ring substituents is 1. The molecule has 1 N–H and O–H groups in total. The maximum absolute atomic E-state index is 15.4. The lowest BCUT2D eigenvalue weighted by atomic mass is 10.1. The van der Waals surface area contributed by atoms with Crippen molar-refractivity contribution in [3.05, 3.63) is 33.6 Å². The predicted octanol–water partition coefficient (Wildman–Crippen LogP) is 4.21. The van der Waals surface area contributed by atoms with E-state index in [1.165, 1.54) is 46.4 Å². The SMILES string of the molecule is CC(C)(C)OC(=O)N(C(=O)OC(C)(C)C)c1c(F)cc(CN2CCN(C(=O)O)CC2)cc1[N+](=O)[O-]. The molecule has 1 aliphatic heterocycles. The molecule has 0 atom stereocenters. The molecule has 194 valence electrons. The number of amides is 3. The molecule has 1 fully saturated rings. The summed E-state index contributed by atoms with van der Waals surface area (Å²) in [5.41, 5.74) is -3.66. The van der Waals surface area contributed by atoms with Crippen LogP contribution in [-0.2, 0) is 16.0 Å². The van der Waals surface area contributed by atoms with Crippen LogP contribution in [-0.4, -0.2) is 75.5 Å². The van der Waals surface area contributed by atoms with Gasteiger partial charge in [-0.3, -0.25) is 15.0 Å². The summed E-state index contributed by atoms with van der Waals surface area (Å²) >= 11 is 0. The van der Waals surface area contributed by atoms with E-state index in [1.807, 2.05) is 4.90 Å². The summed E-state index contributed by atoms with van der Waals surface area (Å²) in [5.74, 6) is -1.19. The molecule has 0 saturated carbocycles. The first-order valence-electron chi connectivity index (χ1n) is 10.9. The number of piperazine rings is 1. The van der Waals surface area contributed by atoms with E-state index in [0.717, 1.165) is 12.1 Å². The molecule has 1 aromatic rings. The Bertz CT molecular complexity index is 966. The molecule has 1 saturated heterocycles. The fraction of sp³-hybridized carbons (Fsp3) is 0.591. The molecule has 1 heterocycles. The molecule has 1 aliphatic rings. The van der Waals surface area contributed by atoms with Crippen LogP contribution in [0.15, 0.2) is 12.1 Å². The second-order valence-electron chi connectivity index (χ2n) is 10.0. The first kappa shape index (κ1) is 27.8. The zero-order chi connectivity index (χ0) is 26.7. The Labute approximate surface area is 202 Å². The summed E-state index contributed by atoms with van der Waals surface area (Å²) in [6, 6.07) is 2.07. The van der Waals surface area contributed by atoms with Crippen LogP contribution in [0.25, 0.3) is 0 Å². The van der Waals surface area contributed by atoms with Crippen LogP contribution in [0.4, 0.5) is 30.1 Å². The van der Waals surface area contributed by atoms with Crippen LogP contribution in [0.3, 0.4) is 0 Å². The molecule has 13 heteroatoms. The Morgan fingerprint density at radius 3 is 1.91 bits per heavy atom. The number of benzene rings is 1. The highest BCUT2D eigenvalue weighted by Gasteiger charge is 2.39. The molecule has 1 aromatic carbocycles. The molecule has 35 heavy (non-hydrogen) atoms. The molecule has 0 aliphatic carbocycles. The third-order valence-electron chi connectivity index (χ3n) is 4.72. The number of anilines is 1. The minimum Gasteiger partial charge on any atom is -0.465 e. The van der Waals surface area contributed by atoms with E-state index < -0.39 is 51.6 Å². The number of nitro groups is 1. The number of nitrogens with zero attached hydrogens (tertiary/aromatic N) is 4. The number of carbonyl (C=O) groups excluding carboxylic acids is 2. The van der Waals surface area contributed by atoms with Gasteiger partial charge in [0.2, 0.25) is 0 Å². The average Bonchev–Trinajstić information content (AvgIpc) is 2.67. The molecular formula is C22H31FN4O8. The highest BCUT2D eigenvalue weighted by Crippen LogP contribution is 2.35. The lowest BCUT2D eigenvalue weighted by Crippen LogP contribution is -2.47. The standard InChI is InChI=1S/C22H31FN4O8/c1-21(2,3)34-19(30)26(20(31)35-22(4,5)6)17-15(23)11-14(12-16(17)27(32)33)13-24-7-9-25(10-8-24)18(28)29/h11-12H,7-10,13H2,1-6H3,(H,28,29). The normalized spacial score (nSPS) is 14.9. The van der Waals surface area contributed by atoms with Gasteiger partial charge in [0, 0.05) is 38.8 Å². The molecule has 0 unspecified atom stereocenters. The summed E-state index contributed by atoms with van der Waals surface area (Å²) in [6.45, 7) is 10.4. The molecule has 0 radical (unpaired) electrons. The quantitative estimate of drug-likeness (QED) is 0.477. The van der Waals surface area contributed by atoms with Gasteiger partial charge in [0.25, 0.3) is 5.69 Å². The summed E-state index contributed by atoms with van der Waals surface area (Å²) in [5, 5.41) is 20.9. The Morgan fingerprint density at radius 1 is 1.03 bits per heavy atom. The molecule has 0 bridgehead atoms. The van der Waals surface area contributed by atoms with Gasteiger partial charge in [-0.15, -0.1) is 0 Å². The van der Waals surface area contributed by atoms with Crippen molar-refractivity contribution in [1.82, 2.24) is 9.80 Å². The fourth-order valence-electron chi connectivity index (χ4n) is 3.32. The molecule has 12 nitrogen and oxygen atoms in total. The van der Waals surface area contributed by atoms with Crippen molar-refractivity contribution in [2.45, 2.75) is 59.3 Å². The minimum atomic E-state index is -1.33. The van der Waals surface area contributed by atoms with Gasteiger partial charge in [-0.25, -0.2) is 18.8 Å². The molecular weight excluding hydrogens is 467 g/mol. The summed E-state index contributed by atoms with van der Waals surface area (Å²) in [4.78, 5) is 51.0. The van der Waals surface area contributed by atoms with Crippen LogP contribution in [0.1, 0.15) is 47.1 Å². The number of hydrogen-bond donors (Lipinski definition) is 1. The third kappa shape index (κ3) is 7.77. The van der Waals surface area contributed by atoms with Crippen molar-refractivity contribution in [2.75, 3.05) is 31.1 Å². The van der Waals surface area contributed by atoms with E-state index in [4.69, 9.17) is 14.6 Å². The third-order valence-corrected chi connectivity index (χ3v) is 4.72. The Morgan fingerprint density at radius 2 is 1.51 bits per heavy atom. The predicted molar refractivity (Wildman–Crippen MR) is 123 cm³/mol. The smallest absolute Gasteiger partial charge is 0.424 e. The van der Waals surface area contributed by atoms with Gasteiger partial charge in [0.05, 0.1) is 4.92 Å². The van der Waals surface area contributed by atoms with Crippen LogP contribution in [0, 0.1) is 15.9 Å². The Kier molecular flexibility index (Phi) is 8.27. The van der Waals surface area contributed by atoms with E-state index >= 15 is 4.39 Å². The van der Waals surface area contributed by atoms with Crippen LogP contribution in [0.2, 0.25) is 0 Å². The van der Waals surface area contributed by atoms with Crippen molar-refractivity contribution in [2.24, 2.45) is 0 Å². The molecule has 2 rings (SSSR count). The Hall–Kier alpha value is -3.48. The van der Waals surface area contributed by atoms with Gasteiger partial charge in [-0.05, 0) is 53.2 Å². The summed E-state index contributed by atoms with van der Waals surface area (Å²) < 4.78 is 25.8. The van der Waals surface area contributed by atoms with Gasteiger partial charge < -0.3 is 19.5 Å². The van der Waals surface area contributed by atoms with Crippen molar-refractivity contribution in [3.63, 3.8) is 0 Å². The minimum absolute atomic E-state index is 0.102. The number of carboxylic acid groups (broad SMARTS) is 1. The average molecular weight is 499 g/mol. The maximum atomic E-state index is 15.4. The Balaban J connectivity index is 2.46. The number of rotatable bonds is 4. The zero-order valence-electron chi connectivity index (χ0n) is 20.7. The number of ether oxygens (including phenoxy) is 2. The molecule has 0 spiro atoms. The number of carbonyl (C=O) groups is 3. The maximum Gasteiger partial charge on any atom is 0.424 e. The topological polar surface area (TPSA) is 143 Å². The molecule has 0 aromatic heterocycles. The number of halogens is 1. The van der Waals surface area contributed by atoms with Gasteiger partial charge >= 0.3 is 18.3 Å². The number of imide groups is 1. The van der Waals surface area contributed by atoms with Gasteiger partial charge in [0.15, 0.2) is 11.5 Å². The molecule has 3 amide bonds. The second kappa shape index (κ2) is 10.4. The largest absolute Gasteiger partial charge is 0.465 e. The van der Waals surface area contributed by atoms with E-state index in [9.17, 15) is 24.5 Å². The van der Waals surface area contributed by atoms with Crippen molar-refractivity contribution >= 4 is 29.7 Å². The van der Waals surface area contributed by atoms with Gasteiger partial charge in [0.1, 0.15) is 11.2 Å². The van der Waals surface area contributed by atoms with E-state index in [-0.39, 0.29) is 30.1 Å². The van der Waals surface area contributed by atoms with Crippen LogP contribution >= 0.6 is 0 Å². The highest BCUT2D eigenvalue weighted by molar-refractivity contribution is 6.11. The first-order valence-corrected chi connectivity index (χ1v) is 10.9. The van der Waals surface area contributed by atoms with E-state index in [1.54, 1.807) is 0 Å². The van der Waals surface area contributed by atoms with Crippen molar-refractivity contribution in [3.8, 4) is 0 Å². The second-order valence-corrected chi connectivity index (χ2v) is 10.0. The monoisotopic (exact) mass is 498 g/mol. The van der Waals surface area contributed by atoms with E-state index in [2.05, 4.69) is 0 Å². The fourth-order valence-corrected chi connectivity index (χ4v) is 3.32. The van der Waals surface area contributed by atoms with Gasteiger partial charge in [-0.2, -0.15) is 4.90 Å². The summed E-state index contributed by atoms with van der Waals surface area (Å²) in [6.07, 6.45) is -3.70. The first-order chi connectivity index (χ1) is 16.0. The van der Waals surface area contributed by atoms with Crippen molar-refractivity contribution < 1.29 is 38.3 Å². The van der Waals surface area contributed by atoms with Crippen LogP contribution < -0.4 is 4.90 Å². The lowest BCUT2D eigenvalue weighted by Gasteiger charge is -2.33. The van der Waals surface area contributed by atoms with Gasteiger partial charge in [-0.1, -0.05) is 0 Å². The van der Waals surface area contributed by atoms with Crippen LogP contribution in [0.5, 0.6) is 0 Å². The lowest BCUT2D eigenvalue weighted by molar-refractivity contribution is -0.384. The summed E-state index contributed by atoms with van der Waals surface area (Å²) in [7, 11) is 0. The highest BCUT2D eigenvalue weighted by atomic mass is 19.1. The van der Waals surface area contributed by atoms with E-state index in [0.29, 0.717) is 13.1 Å². The van der Waals surface area contributed by atoms with Crippen molar-refractivity contribution in [1.29, 1.82) is 0 Å². The number of hydrogen-bond acceptors (Lipinski definition) is 8. The zero-order valence-corrected chi connectivity index (χ0v) is 20.7.